The fourth-order valence-electron chi connectivity index (χ4n) is 2.68. The number of benzene rings is 1. The van der Waals surface area contributed by atoms with Crippen LogP contribution in [-0.4, -0.2) is 24.8 Å². The molecule has 1 saturated carbocycles. The second kappa shape index (κ2) is 6.33. The molecule has 0 saturated heterocycles. The first-order chi connectivity index (χ1) is 7.65. The van der Waals surface area contributed by atoms with Crippen LogP contribution in [0.2, 0.25) is 0 Å². The van der Waals surface area contributed by atoms with Crippen molar-refractivity contribution in [1.82, 2.24) is 4.90 Å². The van der Waals surface area contributed by atoms with Gasteiger partial charge in [0.15, 0.2) is 0 Å². The Balaban J connectivity index is 0.00000144. The van der Waals surface area contributed by atoms with Gasteiger partial charge >= 0.3 is 0 Å². The Morgan fingerprint density at radius 1 is 1.06 bits per heavy atom. The molecule has 0 aliphatic heterocycles. The van der Waals surface area contributed by atoms with Crippen LogP contribution in [0.5, 0.6) is 0 Å². The van der Waals surface area contributed by atoms with E-state index >= 15 is 0 Å². The minimum absolute atomic E-state index is 0. The fraction of sp³-hybridized carbons (Fsp3) is 0.500. The molecule has 0 spiro atoms. The van der Waals surface area contributed by atoms with Gasteiger partial charge in [-0.1, -0.05) is 30.3 Å². The van der Waals surface area contributed by atoms with Gasteiger partial charge in [0.05, 0.1) is 0 Å². The van der Waals surface area contributed by atoms with Gasteiger partial charge in [-0.3, -0.25) is 9.69 Å². The topological polar surface area (TPSA) is 20.3 Å². The molecule has 0 amide bonds. The Morgan fingerprint density at radius 2 is 1.59 bits per heavy atom. The van der Waals surface area contributed by atoms with Crippen molar-refractivity contribution >= 4 is 5.78 Å². The van der Waals surface area contributed by atoms with Crippen molar-refractivity contribution in [2.45, 2.75) is 31.2 Å². The molecule has 0 unspecified atom stereocenters. The second-order valence-electron chi connectivity index (χ2n) is 4.83. The molecule has 1 aromatic carbocycles. The SMILES string of the molecule is CN(C)C1(c2ccccc2)CCC(=O)CC1.[Ar]. The number of carbonyl (C=O) groups is 1. The third-order valence-electron chi connectivity index (χ3n) is 3.80. The first-order valence-electron chi connectivity index (χ1n) is 5.90. The standard InChI is InChI=1S/C14H19NO.Ar/c1-15(2)14(10-8-13(16)9-11-14)12-6-4-3-5-7-12;/h3-7H,8-11H2,1-2H3;. The number of hydrogen-bond acceptors (Lipinski definition) is 2. The maximum Gasteiger partial charge on any atom is 0.133 e. The van der Waals surface area contributed by atoms with Gasteiger partial charge in [-0.05, 0) is 32.5 Å². The number of hydrogen-bond donors (Lipinski definition) is 0. The predicted octanol–water partition coefficient (Wildman–Crippen LogP) is 2.59. The molecule has 1 fully saturated rings. The Kier molecular flexibility index (Phi) is 5.65. The Hall–Kier alpha value is 0.110. The Bertz CT molecular complexity index is 365. The molecule has 0 bridgehead atoms. The third kappa shape index (κ3) is 3.11. The smallest absolute Gasteiger partial charge is 0.133 e. The van der Waals surface area contributed by atoms with Gasteiger partial charge in [-0.25, -0.2) is 0 Å². The molecule has 2 rings (SSSR count). The first kappa shape index (κ1) is 15.2. The molecule has 0 N–H and O–H groups in total. The summed E-state index contributed by atoms with van der Waals surface area (Å²) in [5.74, 6) is 0.411. The monoisotopic (exact) mass is 257 g/mol. The van der Waals surface area contributed by atoms with Gasteiger partial charge < -0.3 is 0 Å². The summed E-state index contributed by atoms with van der Waals surface area (Å²) in [7, 11) is 4.23. The van der Waals surface area contributed by atoms with Crippen molar-refractivity contribution in [2.75, 3.05) is 14.1 Å². The third-order valence-corrected chi connectivity index (χ3v) is 3.80. The molecule has 0 aromatic heterocycles. The van der Waals surface area contributed by atoms with Crippen LogP contribution in [0.3, 0.4) is 0 Å². The van der Waals surface area contributed by atoms with Crippen molar-refractivity contribution in [2.24, 2.45) is 0 Å². The molecule has 2 nitrogen and oxygen atoms in total. The van der Waals surface area contributed by atoms with E-state index in [4.69, 9.17) is 0 Å². The van der Waals surface area contributed by atoms with Gasteiger partial charge in [0.2, 0.25) is 0 Å². The van der Waals surface area contributed by atoms with Crippen LogP contribution in [0.4, 0.5) is 0 Å². The largest absolute Gasteiger partial charge is 0.300 e. The van der Waals surface area contributed by atoms with E-state index in [1.54, 1.807) is 0 Å². The molecule has 3 heteroatoms. The summed E-state index contributed by atoms with van der Waals surface area (Å²) in [5.41, 5.74) is 1.40. The maximum atomic E-state index is 11.4. The summed E-state index contributed by atoms with van der Waals surface area (Å²) in [6, 6.07) is 10.6. The van der Waals surface area contributed by atoms with Crippen molar-refractivity contribution in [3.05, 3.63) is 35.9 Å². The molecular weight excluding hydrogens is 238 g/mol. The van der Waals surface area contributed by atoms with E-state index < -0.39 is 0 Å². The van der Waals surface area contributed by atoms with E-state index in [-0.39, 0.29) is 43.3 Å². The van der Waals surface area contributed by atoms with Crippen LogP contribution >= 0.6 is 0 Å². The maximum absolute atomic E-state index is 11.4. The van der Waals surface area contributed by atoms with E-state index in [1.807, 2.05) is 6.07 Å². The molecule has 0 radical (unpaired) electrons. The van der Waals surface area contributed by atoms with Crippen molar-refractivity contribution in [1.29, 1.82) is 0 Å². The van der Waals surface area contributed by atoms with Crippen LogP contribution < -0.4 is 0 Å². The molecular formula is C14H19ArNO. The Morgan fingerprint density at radius 3 is 2.06 bits per heavy atom. The molecule has 1 aromatic rings. The zero-order valence-corrected chi connectivity index (χ0v) is 11.1. The van der Waals surface area contributed by atoms with E-state index in [9.17, 15) is 4.79 Å². The van der Waals surface area contributed by atoms with Crippen molar-refractivity contribution < 1.29 is 42.5 Å². The van der Waals surface area contributed by atoms with Crippen LogP contribution in [0.1, 0.15) is 31.2 Å². The van der Waals surface area contributed by atoms with Crippen LogP contribution in [0.25, 0.3) is 0 Å². The number of Topliss-reactive ketones (excluding diaryl/α,β-unsaturated/α-hetero) is 1. The minimum Gasteiger partial charge on any atom is -0.300 e. The average Bonchev–Trinajstić information content (AvgIpc) is 2.31. The van der Waals surface area contributed by atoms with Gasteiger partial charge in [-0.2, -0.15) is 0 Å². The fourth-order valence-corrected chi connectivity index (χ4v) is 2.68. The summed E-state index contributed by atoms with van der Waals surface area (Å²) < 4.78 is 0. The van der Waals surface area contributed by atoms with Crippen LogP contribution in [0.15, 0.2) is 30.3 Å². The first-order valence-corrected chi connectivity index (χ1v) is 5.90. The summed E-state index contributed by atoms with van der Waals surface area (Å²) >= 11 is 0. The molecule has 0 atom stereocenters. The minimum atomic E-state index is 0. The number of ketones is 1. The second-order valence-corrected chi connectivity index (χ2v) is 4.83. The normalized spacial score (nSPS) is 18.9. The predicted molar refractivity (Wildman–Crippen MR) is 65.3 cm³/mol. The molecule has 17 heavy (non-hydrogen) atoms. The van der Waals surface area contributed by atoms with Gasteiger partial charge in [0, 0.05) is 56.1 Å². The van der Waals surface area contributed by atoms with Gasteiger partial charge in [0.25, 0.3) is 0 Å². The molecule has 1 aliphatic carbocycles. The summed E-state index contributed by atoms with van der Waals surface area (Å²) in [4.78, 5) is 13.7. The molecule has 0 heterocycles. The van der Waals surface area contributed by atoms with E-state index in [0.717, 1.165) is 12.8 Å². The summed E-state index contributed by atoms with van der Waals surface area (Å²) in [6.45, 7) is 0. The number of carbonyl (C=O) groups excluding carboxylic acids is 1. The zero-order chi connectivity index (χ0) is 11.6. The van der Waals surface area contributed by atoms with E-state index in [1.165, 1.54) is 5.56 Å². The summed E-state index contributed by atoms with van der Waals surface area (Å²) in [5, 5.41) is 0. The summed E-state index contributed by atoms with van der Waals surface area (Å²) in [6.07, 6.45) is 3.33. The average molecular weight is 257 g/mol. The van der Waals surface area contributed by atoms with Crippen molar-refractivity contribution in [3.8, 4) is 0 Å². The van der Waals surface area contributed by atoms with E-state index in [2.05, 4.69) is 43.3 Å². The number of nitrogens with zero attached hydrogens (tertiary/aromatic N) is 1. The van der Waals surface area contributed by atoms with Crippen LogP contribution in [0, 0.1) is 37.7 Å². The Labute approximate surface area is 133 Å². The quantitative estimate of drug-likeness (QED) is 0.811. The molecule has 1 aliphatic rings. The van der Waals surface area contributed by atoms with Gasteiger partial charge in [-0.15, -0.1) is 0 Å². The van der Waals surface area contributed by atoms with Crippen molar-refractivity contribution in [3.63, 3.8) is 0 Å². The zero-order valence-electron chi connectivity index (χ0n) is 10.4. The van der Waals surface area contributed by atoms with Gasteiger partial charge in [0.1, 0.15) is 5.78 Å². The van der Waals surface area contributed by atoms with E-state index in [0.29, 0.717) is 18.6 Å². The number of rotatable bonds is 2. The molecule has 94 valence electrons. The van der Waals surface area contributed by atoms with Crippen LogP contribution in [-0.2, 0) is 10.3 Å².